The molecule has 2 heterocycles. The number of nitrogens with zero attached hydrogens (tertiary/aromatic N) is 2. The lowest BCUT2D eigenvalue weighted by Gasteiger charge is -2.31. The molecule has 1 aromatic carbocycles. The van der Waals surface area contributed by atoms with Gasteiger partial charge in [0.05, 0.1) is 11.9 Å². The standard InChI is InChI=1S/C21H26BN3O/c1-14-9-18(12-23-20(14)24-19(26)11-21(2,3)4)25-8-7-15-10-17(22)6-5-16(15)13-25/h5-6,9-10,12H,7-8,11,13H2,1-4H3,(H,23,24,26). The predicted octanol–water partition coefficient (Wildman–Crippen LogP) is 3.12. The highest BCUT2D eigenvalue weighted by Crippen LogP contribution is 2.26. The summed E-state index contributed by atoms with van der Waals surface area (Å²) in [6.07, 6.45) is 3.30. The summed E-state index contributed by atoms with van der Waals surface area (Å²) in [5.74, 6) is 0.651. The lowest BCUT2D eigenvalue weighted by atomic mass is 9.89. The van der Waals surface area contributed by atoms with Crippen LogP contribution in [0.4, 0.5) is 11.5 Å². The van der Waals surface area contributed by atoms with E-state index in [0.717, 1.165) is 36.2 Å². The maximum Gasteiger partial charge on any atom is 0.226 e. The van der Waals surface area contributed by atoms with Gasteiger partial charge in [-0.05, 0) is 41.5 Å². The third-order valence-corrected chi connectivity index (χ3v) is 4.62. The number of carbonyl (C=O) groups is 1. The van der Waals surface area contributed by atoms with E-state index in [1.54, 1.807) is 0 Å². The third-order valence-electron chi connectivity index (χ3n) is 4.62. The zero-order chi connectivity index (χ0) is 18.9. The monoisotopic (exact) mass is 347 g/mol. The number of fused-ring (bicyclic) bond motifs is 1. The Morgan fingerprint density at radius 1 is 1.27 bits per heavy atom. The highest BCUT2D eigenvalue weighted by atomic mass is 16.1. The third kappa shape index (κ3) is 4.45. The normalized spacial score (nSPS) is 14.1. The first-order chi connectivity index (χ1) is 12.2. The number of pyridine rings is 1. The summed E-state index contributed by atoms with van der Waals surface area (Å²) in [6, 6.07) is 8.24. The molecule has 5 heteroatoms. The number of hydrogen-bond donors (Lipinski definition) is 1. The Morgan fingerprint density at radius 3 is 2.73 bits per heavy atom. The summed E-state index contributed by atoms with van der Waals surface area (Å²) in [4.78, 5) is 19.0. The summed E-state index contributed by atoms with van der Waals surface area (Å²) in [7, 11) is 5.88. The number of benzene rings is 1. The molecule has 2 aromatic rings. The van der Waals surface area contributed by atoms with Crippen LogP contribution in [-0.2, 0) is 17.8 Å². The number of anilines is 2. The van der Waals surface area contributed by atoms with Gasteiger partial charge in [0.15, 0.2) is 0 Å². The average molecular weight is 347 g/mol. The van der Waals surface area contributed by atoms with Crippen LogP contribution < -0.4 is 15.7 Å². The van der Waals surface area contributed by atoms with Crippen LogP contribution in [0.15, 0.2) is 30.5 Å². The van der Waals surface area contributed by atoms with E-state index < -0.39 is 0 Å². The van der Waals surface area contributed by atoms with E-state index in [1.165, 1.54) is 11.1 Å². The Bertz CT molecular complexity index is 826. The molecule has 0 bridgehead atoms. The topological polar surface area (TPSA) is 45.2 Å². The number of nitrogens with one attached hydrogen (secondary N) is 1. The molecule has 3 rings (SSSR count). The Hall–Kier alpha value is -2.30. The van der Waals surface area contributed by atoms with Crippen LogP contribution in [0.25, 0.3) is 0 Å². The van der Waals surface area contributed by atoms with Crippen LogP contribution in [0.5, 0.6) is 0 Å². The molecule has 1 aromatic heterocycles. The molecule has 2 radical (unpaired) electrons. The quantitative estimate of drug-likeness (QED) is 0.868. The molecule has 134 valence electrons. The molecule has 0 fully saturated rings. The van der Waals surface area contributed by atoms with Crippen LogP contribution in [-0.4, -0.2) is 25.3 Å². The molecule has 26 heavy (non-hydrogen) atoms. The van der Waals surface area contributed by atoms with Crippen molar-refractivity contribution in [3.63, 3.8) is 0 Å². The average Bonchev–Trinajstić information content (AvgIpc) is 2.54. The number of hydrogen-bond acceptors (Lipinski definition) is 3. The van der Waals surface area contributed by atoms with Gasteiger partial charge in [-0.1, -0.05) is 44.4 Å². The first kappa shape index (κ1) is 18.5. The highest BCUT2D eigenvalue weighted by molar-refractivity contribution is 6.32. The molecule has 1 aliphatic rings. The van der Waals surface area contributed by atoms with E-state index in [1.807, 2.05) is 19.2 Å². The number of aromatic nitrogens is 1. The minimum atomic E-state index is -0.0392. The van der Waals surface area contributed by atoms with Gasteiger partial charge in [-0.15, -0.1) is 0 Å². The van der Waals surface area contributed by atoms with Gasteiger partial charge >= 0.3 is 0 Å². The van der Waals surface area contributed by atoms with Crippen LogP contribution >= 0.6 is 0 Å². The molecular weight excluding hydrogens is 321 g/mol. The van der Waals surface area contributed by atoms with Crippen molar-refractivity contribution in [2.75, 3.05) is 16.8 Å². The van der Waals surface area contributed by atoms with Crippen LogP contribution in [0, 0.1) is 12.3 Å². The fourth-order valence-corrected chi connectivity index (χ4v) is 3.31. The number of aryl methyl sites for hydroxylation is 1. The Balaban J connectivity index is 1.72. The summed E-state index contributed by atoms with van der Waals surface area (Å²) in [5, 5.41) is 2.94. The van der Waals surface area contributed by atoms with Gasteiger partial charge in [0, 0.05) is 19.5 Å². The lowest BCUT2D eigenvalue weighted by Crippen LogP contribution is -2.31. The SMILES string of the molecule is [B]c1ccc2c(c1)CCN(c1cnc(NC(=O)CC(C)(C)C)c(C)c1)C2. The van der Waals surface area contributed by atoms with E-state index in [4.69, 9.17) is 7.85 Å². The van der Waals surface area contributed by atoms with Crippen molar-refractivity contribution < 1.29 is 4.79 Å². The Morgan fingerprint density at radius 2 is 2.04 bits per heavy atom. The van der Waals surface area contributed by atoms with Crippen molar-refractivity contribution in [3.05, 3.63) is 47.2 Å². The second-order valence-corrected chi connectivity index (χ2v) is 8.34. The van der Waals surface area contributed by atoms with Crippen molar-refractivity contribution in [3.8, 4) is 0 Å². The lowest BCUT2D eigenvalue weighted by molar-refractivity contribution is -0.117. The molecule has 0 aliphatic carbocycles. The van der Waals surface area contributed by atoms with Gasteiger partial charge in [0.25, 0.3) is 0 Å². The van der Waals surface area contributed by atoms with Crippen molar-refractivity contribution in [1.82, 2.24) is 4.98 Å². The van der Waals surface area contributed by atoms with E-state index in [9.17, 15) is 4.79 Å². The molecular formula is C21H26BN3O. The summed E-state index contributed by atoms with van der Waals surface area (Å²) in [6.45, 7) is 9.94. The second kappa shape index (κ2) is 7.14. The zero-order valence-electron chi connectivity index (χ0n) is 16.1. The molecule has 0 unspecified atom stereocenters. The van der Waals surface area contributed by atoms with Crippen molar-refractivity contribution in [1.29, 1.82) is 0 Å². The molecule has 1 N–H and O–H groups in total. The van der Waals surface area contributed by atoms with Gasteiger partial charge < -0.3 is 10.2 Å². The first-order valence-electron chi connectivity index (χ1n) is 9.10. The van der Waals surface area contributed by atoms with Gasteiger partial charge in [0.1, 0.15) is 13.7 Å². The first-order valence-corrected chi connectivity index (χ1v) is 9.10. The van der Waals surface area contributed by atoms with Crippen LogP contribution in [0.2, 0.25) is 0 Å². The molecule has 1 amide bonds. The fourth-order valence-electron chi connectivity index (χ4n) is 3.31. The largest absolute Gasteiger partial charge is 0.366 e. The molecule has 0 saturated heterocycles. The maximum atomic E-state index is 12.2. The number of amides is 1. The highest BCUT2D eigenvalue weighted by Gasteiger charge is 2.19. The van der Waals surface area contributed by atoms with Gasteiger partial charge in [0.2, 0.25) is 5.91 Å². The second-order valence-electron chi connectivity index (χ2n) is 8.34. The molecule has 1 aliphatic heterocycles. The minimum Gasteiger partial charge on any atom is -0.366 e. The Labute approximate surface area is 157 Å². The van der Waals surface area contributed by atoms with Crippen molar-refractivity contribution >= 4 is 30.7 Å². The van der Waals surface area contributed by atoms with E-state index >= 15 is 0 Å². The predicted molar refractivity (Wildman–Crippen MR) is 108 cm³/mol. The molecule has 0 atom stereocenters. The molecule has 0 spiro atoms. The maximum absolute atomic E-state index is 12.2. The number of rotatable bonds is 3. The van der Waals surface area contributed by atoms with Crippen molar-refractivity contribution in [2.24, 2.45) is 5.41 Å². The van der Waals surface area contributed by atoms with Crippen LogP contribution in [0.1, 0.15) is 43.9 Å². The van der Waals surface area contributed by atoms with Crippen molar-refractivity contribution in [2.45, 2.75) is 47.1 Å². The van der Waals surface area contributed by atoms with E-state index in [0.29, 0.717) is 12.2 Å². The summed E-state index contributed by atoms with van der Waals surface area (Å²) < 4.78 is 0. The van der Waals surface area contributed by atoms with E-state index in [-0.39, 0.29) is 11.3 Å². The molecule has 0 saturated carbocycles. The Kier molecular flexibility index (Phi) is 5.08. The summed E-state index contributed by atoms with van der Waals surface area (Å²) in [5.41, 5.74) is 5.49. The smallest absolute Gasteiger partial charge is 0.226 e. The fraction of sp³-hybridized carbons (Fsp3) is 0.429. The minimum absolute atomic E-state index is 0.00494. The van der Waals surface area contributed by atoms with Crippen LogP contribution in [0.3, 0.4) is 0 Å². The van der Waals surface area contributed by atoms with E-state index in [2.05, 4.69) is 54.2 Å². The van der Waals surface area contributed by atoms with Gasteiger partial charge in [-0.3, -0.25) is 4.79 Å². The number of carbonyl (C=O) groups excluding carboxylic acids is 1. The molecule has 4 nitrogen and oxygen atoms in total. The van der Waals surface area contributed by atoms with Gasteiger partial charge in [-0.25, -0.2) is 4.98 Å². The zero-order valence-corrected chi connectivity index (χ0v) is 16.1. The summed E-state index contributed by atoms with van der Waals surface area (Å²) >= 11 is 0. The van der Waals surface area contributed by atoms with Gasteiger partial charge in [-0.2, -0.15) is 0 Å².